The van der Waals surface area contributed by atoms with Gasteiger partial charge in [-0.2, -0.15) is 8.42 Å². The van der Waals surface area contributed by atoms with Crippen molar-refractivity contribution in [3.8, 4) is 5.75 Å². The molecule has 2 amide bonds. The first-order chi connectivity index (χ1) is 10.3. The molecule has 0 saturated carbocycles. The van der Waals surface area contributed by atoms with Gasteiger partial charge in [-0.1, -0.05) is 11.6 Å². The second kappa shape index (κ2) is 6.20. The van der Waals surface area contributed by atoms with Crippen molar-refractivity contribution in [3.63, 3.8) is 0 Å². The van der Waals surface area contributed by atoms with Gasteiger partial charge in [0, 0.05) is 10.7 Å². The number of benzene rings is 2. The SMILES string of the molecule is O=C(Nc1ccc(S(=O)(=O)F)cc1)Nc1cc(Cl)ccc1O. The summed E-state index contributed by atoms with van der Waals surface area (Å²) in [7, 11) is -4.78. The highest BCUT2D eigenvalue weighted by Crippen LogP contribution is 2.26. The van der Waals surface area contributed by atoms with Crippen molar-refractivity contribution in [2.75, 3.05) is 10.6 Å². The van der Waals surface area contributed by atoms with Gasteiger partial charge in [0.25, 0.3) is 0 Å². The normalized spacial score (nSPS) is 11.0. The number of hydrogen-bond acceptors (Lipinski definition) is 4. The number of urea groups is 1. The molecule has 2 aromatic carbocycles. The van der Waals surface area contributed by atoms with Crippen molar-refractivity contribution in [1.29, 1.82) is 0 Å². The summed E-state index contributed by atoms with van der Waals surface area (Å²) in [5.74, 6) is -0.168. The molecule has 0 saturated heterocycles. The first-order valence-corrected chi connectivity index (χ1v) is 7.63. The van der Waals surface area contributed by atoms with E-state index >= 15 is 0 Å². The zero-order chi connectivity index (χ0) is 16.3. The summed E-state index contributed by atoms with van der Waals surface area (Å²) in [6.45, 7) is 0. The molecule has 0 aliphatic carbocycles. The standard InChI is InChI=1S/C13H10ClFN2O4S/c14-8-1-6-12(18)11(7-8)17-13(19)16-9-2-4-10(5-3-9)22(15,20)21/h1-7,18H,(H2,16,17,19). The van der Waals surface area contributed by atoms with Gasteiger partial charge in [0.1, 0.15) is 5.75 Å². The van der Waals surface area contributed by atoms with Crippen molar-refractivity contribution >= 4 is 39.2 Å². The van der Waals surface area contributed by atoms with Crippen molar-refractivity contribution in [2.24, 2.45) is 0 Å². The molecule has 0 aliphatic heterocycles. The fourth-order valence-electron chi connectivity index (χ4n) is 1.59. The van der Waals surface area contributed by atoms with E-state index in [2.05, 4.69) is 10.6 Å². The lowest BCUT2D eigenvalue weighted by Gasteiger charge is -2.09. The van der Waals surface area contributed by atoms with Crippen LogP contribution in [-0.2, 0) is 10.2 Å². The average molecular weight is 345 g/mol. The summed E-state index contributed by atoms with van der Waals surface area (Å²) < 4.78 is 34.1. The van der Waals surface area contributed by atoms with Crippen LogP contribution in [0.5, 0.6) is 5.75 Å². The maximum absolute atomic E-state index is 12.7. The molecule has 0 fully saturated rings. The van der Waals surface area contributed by atoms with Crippen LogP contribution in [-0.4, -0.2) is 19.6 Å². The van der Waals surface area contributed by atoms with Gasteiger partial charge in [-0.15, -0.1) is 3.89 Å². The predicted molar refractivity (Wildman–Crippen MR) is 80.5 cm³/mol. The number of phenols is 1. The number of aromatic hydroxyl groups is 1. The molecular formula is C13H10ClFN2O4S. The average Bonchev–Trinajstić information content (AvgIpc) is 2.42. The van der Waals surface area contributed by atoms with Gasteiger partial charge in [0.05, 0.1) is 10.6 Å². The molecule has 0 unspecified atom stereocenters. The lowest BCUT2D eigenvalue weighted by molar-refractivity contribution is 0.262. The van der Waals surface area contributed by atoms with E-state index in [1.54, 1.807) is 0 Å². The topological polar surface area (TPSA) is 95.5 Å². The van der Waals surface area contributed by atoms with Crippen LogP contribution >= 0.6 is 11.6 Å². The van der Waals surface area contributed by atoms with Crippen LogP contribution in [0.1, 0.15) is 0 Å². The van der Waals surface area contributed by atoms with Crippen LogP contribution in [0.2, 0.25) is 5.02 Å². The zero-order valence-corrected chi connectivity index (χ0v) is 12.5. The van der Waals surface area contributed by atoms with Gasteiger partial charge in [-0.25, -0.2) is 4.79 Å². The molecule has 3 N–H and O–H groups in total. The Morgan fingerprint density at radius 2 is 1.73 bits per heavy atom. The summed E-state index contributed by atoms with van der Waals surface area (Å²) in [5.41, 5.74) is 0.347. The third-order valence-corrected chi connectivity index (χ3v) is 3.67. The number of phenolic OH excluding ortho intramolecular Hbond substituents is 1. The highest BCUT2D eigenvalue weighted by atomic mass is 35.5. The molecule has 0 radical (unpaired) electrons. The minimum Gasteiger partial charge on any atom is -0.506 e. The predicted octanol–water partition coefficient (Wildman–Crippen LogP) is 3.35. The molecule has 0 heterocycles. The van der Waals surface area contributed by atoms with Gasteiger partial charge in [0.15, 0.2) is 0 Å². The van der Waals surface area contributed by atoms with Gasteiger partial charge in [-0.3, -0.25) is 0 Å². The van der Waals surface area contributed by atoms with Crippen molar-refractivity contribution in [2.45, 2.75) is 4.90 Å². The quantitative estimate of drug-likeness (QED) is 0.587. The van der Waals surface area contributed by atoms with E-state index in [0.29, 0.717) is 5.02 Å². The van der Waals surface area contributed by atoms with E-state index in [9.17, 15) is 22.2 Å². The maximum Gasteiger partial charge on any atom is 0.332 e. The Balaban J connectivity index is 2.07. The number of nitrogens with one attached hydrogen (secondary N) is 2. The summed E-state index contributed by atoms with van der Waals surface area (Å²) >= 11 is 5.75. The summed E-state index contributed by atoms with van der Waals surface area (Å²) in [4.78, 5) is 11.3. The van der Waals surface area contributed by atoms with Crippen LogP contribution in [0.4, 0.5) is 20.1 Å². The first kappa shape index (κ1) is 16.1. The van der Waals surface area contributed by atoms with E-state index in [0.717, 1.165) is 12.1 Å². The Bertz CT molecular complexity index is 809. The van der Waals surface area contributed by atoms with Crippen LogP contribution in [0, 0.1) is 0 Å². The van der Waals surface area contributed by atoms with Crippen LogP contribution in [0.25, 0.3) is 0 Å². The molecule has 6 nitrogen and oxygen atoms in total. The molecule has 0 atom stereocenters. The van der Waals surface area contributed by atoms with E-state index in [4.69, 9.17) is 11.6 Å². The molecular weight excluding hydrogens is 335 g/mol. The molecule has 0 aliphatic rings. The van der Waals surface area contributed by atoms with Crippen molar-refractivity contribution in [3.05, 3.63) is 47.5 Å². The summed E-state index contributed by atoms with van der Waals surface area (Å²) in [6.07, 6.45) is 0. The number of carbonyl (C=O) groups is 1. The fourth-order valence-corrected chi connectivity index (χ4v) is 2.23. The Morgan fingerprint density at radius 1 is 1.09 bits per heavy atom. The highest BCUT2D eigenvalue weighted by molar-refractivity contribution is 7.86. The smallest absolute Gasteiger partial charge is 0.332 e. The Labute approximate surface area is 130 Å². The first-order valence-electron chi connectivity index (χ1n) is 5.87. The molecule has 2 rings (SSSR count). The van der Waals surface area contributed by atoms with E-state index in [1.165, 1.54) is 30.3 Å². The van der Waals surface area contributed by atoms with Crippen LogP contribution in [0.15, 0.2) is 47.4 Å². The molecule has 9 heteroatoms. The number of anilines is 2. The maximum atomic E-state index is 12.7. The van der Waals surface area contributed by atoms with E-state index in [-0.39, 0.29) is 17.1 Å². The second-order valence-electron chi connectivity index (χ2n) is 4.20. The van der Waals surface area contributed by atoms with Gasteiger partial charge < -0.3 is 15.7 Å². The summed E-state index contributed by atoms with van der Waals surface area (Å²) in [6, 6.07) is 7.93. The van der Waals surface area contributed by atoms with Crippen LogP contribution < -0.4 is 10.6 Å². The Morgan fingerprint density at radius 3 is 2.32 bits per heavy atom. The van der Waals surface area contributed by atoms with E-state index < -0.39 is 21.1 Å². The number of rotatable bonds is 3. The Kier molecular flexibility index (Phi) is 4.53. The Hall–Kier alpha value is -2.32. The minimum atomic E-state index is -4.78. The monoisotopic (exact) mass is 344 g/mol. The molecule has 0 spiro atoms. The van der Waals surface area contributed by atoms with Gasteiger partial charge in [-0.05, 0) is 42.5 Å². The molecule has 0 bridgehead atoms. The second-order valence-corrected chi connectivity index (χ2v) is 5.99. The molecule has 22 heavy (non-hydrogen) atoms. The zero-order valence-electron chi connectivity index (χ0n) is 10.9. The number of carbonyl (C=O) groups excluding carboxylic acids is 1. The number of hydrogen-bond donors (Lipinski definition) is 3. The van der Waals surface area contributed by atoms with Gasteiger partial charge in [0.2, 0.25) is 0 Å². The third kappa shape index (κ3) is 4.09. The molecule has 116 valence electrons. The van der Waals surface area contributed by atoms with Gasteiger partial charge >= 0.3 is 16.3 Å². The molecule has 0 aromatic heterocycles. The molecule has 2 aromatic rings. The van der Waals surface area contributed by atoms with E-state index in [1.807, 2.05) is 0 Å². The summed E-state index contributed by atoms with van der Waals surface area (Å²) in [5, 5.41) is 14.7. The highest BCUT2D eigenvalue weighted by Gasteiger charge is 2.12. The number of amides is 2. The number of halogens is 2. The van der Waals surface area contributed by atoms with Crippen molar-refractivity contribution in [1.82, 2.24) is 0 Å². The largest absolute Gasteiger partial charge is 0.506 e. The third-order valence-electron chi connectivity index (χ3n) is 2.60. The van der Waals surface area contributed by atoms with Crippen LogP contribution in [0.3, 0.4) is 0 Å². The lowest BCUT2D eigenvalue weighted by Crippen LogP contribution is -2.19. The lowest BCUT2D eigenvalue weighted by atomic mass is 10.3. The minimum absolute atomic E-state index is 0.105. The fraction of sp³-hybridized carbons (Fsp3) is 0. The van der Waals surface area contributed by atoms with Crippen molar-refractivity contribution < 1.29 is 22.2 Å².